The summed E-state index contributed by atoms with van der Waals surface area (Å²) in [5.74, 6) is -1.36. The molecule has 0 saturated carbocycles. The van der Waals surface area contributed by atoms with E-state index in [2.05, 4.69) is 11.0 Å². The van der Waals surface area contributed by atoms with Crippen molar-refractivity contribution < 1.29 is 27.9 Å². The van der Waals surface area contributed by atoms with Crippen LogP contribution in [0.25, 0.3) is 16.7 Å². The number of amides is 1. The summed E-state index contributed by atoms with van der Waals surface area (Å²) >= 11 is 0. The first kappa shape index (κ1) is 25.0. The molecule has 178 valence electrons. The van der Waals surface area contributed by atoms with Crippen molar-refractivity contribution in [1.29, 1.82) is 0 Å². The summed E-state index contributed by atoms with van der Waals surface area (Å²) in [4.78, 5) is 14.0. The van der Waals surface area contributed by atoms with Crippen molar-refractivity contribution in [2.45, 2.75) is 31.1 Å². The molecule has 0 bridgehead atoms. The SMILES string of the molecule is CC(CCN1CC=C(c2ccc(-c3ccc(CO)c(F)c3)cc2)CC1)(C(=O)NO)S(C)(=O)=O. The normalized spacial score (nSPS) is 16.7. The topological polar surface area (TPSA) is 107 Å². The van der Waals surface area contributed by atoms with Gasteiger partial charge in [-0.2, -0.15) is 0 Å². The lowest BCUT2D eigenvalue weighted by Gasteiger charge is -2.31. The van der Waals surface area contributed by atoms with E-state index in [0.717, 1.165) is 29.4 Å². The van der Waals surface area contributed by atoms with Gasteiger partial charge in [-0.25, -0.2) is 18.3 Å². The molecule has 0 radical (unpaired) electrons. The average Bonchev–Trinajstić information content (AvgIpc) is 2.81. The zero-order valence-corrected chi connectivity index (χ0v) is 19.5. The molecule has 0 aliphatic carbocycles. The molecule has 1 aliphatic heterocycles. The van der Waals surface area contributed by atoms with E-state index in [1.807, 2.05) is 24.3 Å². The first-order chi connectivity index (χ1) is 15.6. The summed E-state index contributed by atoms with van der Waals surface area (Å²) in [5.41, 5.74) is 5.58. The Bertz CT molecular complexity index is 1150. The Kier molecular flexibility index (Phi) is 7.69. The maximum absolute atomic E-state index is 14.0. The minimum Gasteiger partial charge on any atom is -0.392 e. The van der Waals surface area contributed by atoms with Crippen molar-refractivity contribution in [3.8, 4) is 11.1 Å². The van der Waals surface area contributed by atoms with E-state index < -0.39 is 26.3 Å². The summed E-state index contributed by atoms with van der Waals surface area (Å²) in [6.45, 7) is 2.71. The number of hydroxylamine groups is 1. The van der Waals surface area contributed by atoms with Crippen LogP contribution in [0.4, 0.5) is 4.39 Å². The smallest absolute Gasteiger partial charge is 0.264 e. The van der Waals surface area contributed by atoms with Crippen LogP contribution in [0, 0.1) is 5.82 Å². The van der Waals surface area contributed by atoms with E-state index >= 15 is 0 Å². The van der Waals surface area contributed by atoms with Gasteiger partial charge in [0.1, 0.15) is 5.82 Å². The Balaban J connectivity index is 1.65. The molecule has 3 rings (SSSR count). The number of aliphatic hydroxyl groups is 1. The van der Waals surface area contributed by atoms with E-state index in [1.165, 1.54) is 24.0 Å². The van der Waals surface area contributed by atoms with Gasteiger partial charge >= 0.3 is 0 Å². The Hall–Kier alpha value is -2.59. The third-order valence-electron chi connectivity index (χ3n) is 6.41. The first-order valence-corrected chi connectivity index (χ1v) is 12.5. The maximum Gasteiger partial charge on any atom is 0.264 e. The van der Waals surface area contributed by atoms with Gasteiger partial charge in [0.15, 0.2) is 14.6 Å². The fourth-order valence-corrected chi connectivity index (χ4v) is 4.71. The van der Waals surface area contributed by atoms with Crippen molar-refractivity contribution in [1.82, 2.24) is 10.4 Å². The highest BCUT2D eigenvalue weighted by atomic mass is 32.2. The maximum atomic E-state index is 14.0. The lowest BCUT2D eigenvalue weighted by atomic mass is 9.96. The van der Waals surface area contributed by atoms with Crippen molar-refractivity contribution in [2.24, 2.45) is 0 Å². The van der Waals surface area contributed by atoms with Crippen LogP contribution in [-0.2, 0) is 21.2 Å². The molecule has 33 heavy (non-hydrogen) atoms. The summed E-state index contributed by atoms with van der Waals surface area (Å²) in [7, 11) is -3.71. The number of hydrogen-bond donors (Lipinski definition) is 3. The number of hydrogen-bond acceptors (Lipinski definition) is 6. The number of nitrogens with one attached hydrogen (secondary N) is 1. The molecule has 3 N–H and O–H groups in total. The van der Waals surface area contributed by atoms with Crippen LogP contribution < -0.4 is 5.48 Å². The van der Waals surface area contributed by atoms with Gasteiger partial charge in [-0.05, 0) is 48.1 Å². The van der Waals surface area contributed by atoms with Crippen molar-refractivity contribution >= 4 is 21.3 Å². The van der Waals surface area contributed by atoms with Crippen LogP contribution >= 0.6 is 0 Å². The van der Waals surface area contributed by atoms with Crippen LogP contribution in [0.1, 0.15) is 30.9 Å². The molecule has 1 heterocycles. The average molecular weight is 477 g/mol. The number of rotatable bonds is 8. The van der Waals surface area contributed by atoms with Crippen molar-refractivity contribution in [3.63, 3.8) is 0 Å². The summed E-state index contributed by atoms with van der Waals surface area (Å²) < 4.78 is 36.5. The zero-order valence-electron chi connectivity index (χ0n) is 18.7. The van der Waals surface area contributed by atoms with Gasteiger partial charge < -0.3 is 5.11 Å². The number of halogens is 1. The zero-order chi connectivity index (χ0) is 24.2. The van der Waals surface area contributed by atoms with E-state index in [9.17, 15) is 17.6 Å². The largest absolute Gasteiger partial charge is 0.392 e. The number of carbonyl (C=O) groups is 1. The van der Waals surface area contributed by atoms with Gasteiger partial charge in [-0.15, -0.1) is 0 Å². The summed E-state index contributed by atoms with van der Waals surface area (Å²) in [6.07, 6.45) is 3.91. The van der Waals surface area contributed by atoms with Crippen molar-refractivity contribution in [3.05, 3.63) is 65.5 Å². The minimum atomic E-state index is -3.71. The highest BCUT2D eigenvalue weighted by molar-refractivity contribution is 7.92. The fraction of sp³-hybridized carbons (Fsp3) is 0.375. The van der Waals surface area contributed by atoms with Crippen LogP contribution in [0.5, 0.6) is 0 Å². The lowest BCUT2D eigenvalue weighted by molar-refractivity contribution is -0.131. The first-order valence-electron chi connectivity index (χ1n) is 10.6. The van der Waals surface area contributed by atoms with Crippen LogP contribution in [-0.4, -0.2) is 60.2 Å². The molecule has 2 aromatic rings. The van der Waals surface area contributed by atoms with E-state index in [1.54, 1.807) is 12.1 Å². The molecule has 2 aromatic carbocycles. The fourth-order valence-electron chi connectivity index (χ4n) is 3.87. The molecule has 0 saturated heterocycles. The molecule has 1 aliphatic rings. The highest BCUT2D eigenvalue weighted by Crippen LogP contribution is 2.28. The molecule has 1 unspecified atom stereocenters. The molecule has 1 atom stereocenters. The molecular weight excluding hydrogens is 447 g/mol. The van der Waals surface area contributed by atoms with Crippen LogP contribution in [0.15, 0.2) is 48.5 Å². The molecule has 0 aromatic heterocycles. The highest BCUT2D eigenvalue weighted by Gasteiger charge is 2.43. The van der Waals surface area contributed by atoms with Gasteiger partial charge in [-0.3, -0.25) is 14.9 Å². The second kappa shape index (κ2) is 10.1. The third kappa shape index (κ3) is 5.50. The van der Waals surface area contributed by atoms with E-state index in [4.69, 9.17) is 10.3 Å². The quantitative estimate of drug-likeness (QED) is 0.400. The van der Waals surface area contributed by atoms with E-state index in [-0.39, 0.29) is 18.6 Å². The number of carbonyl (C=O) groups excluding carboxylic acids is 1. The van der Waals surface area contributed by atoms with Gasteiger partial charge in [0.25, 0.3) is 5.91 Å². The summed E-state index contributed by atoms with van der Waals surface area (Å²) in [6, 6.07) is 12.6. The third-order valence-corrected chi connectivity index (χ3v) is 8.44. The molecule has 9 heteroatoms. The van der Waals surface area contributed by atoms with Gasteiger partial charge in [0, 0.05) is 31.5 Å². The number of aliphatic hydroxyl groups excluding tert-OH is 1. The molecular formula is C24H29FN2O5S. The van der Waals surface area contributed by atoms with Crippen LogP contribution in [0.3, 0.4) is 0 Å². The number of benzene rings is 2. The molecule has 7 nitrogen and oxygen atoms in total. The predicted molar refractivity (Wildman–Crippen MR) is 125 cm³/mol. The second-order valence-corrected chi connectivity index (χ2v) is 11.0. The Morgan fingerprint density at radius 3 is 2.30 bits per heavy atom. The second-order valence-electron chi connectivity index (χ2n) is 8.52. The van der Waals surface area contributed by atoms with Crippen molar-refractivity contribution in [2.75, 3.05) is 25.9 Å². The predicted octanol–water partition coefficient (Wildman–Crippen LogP) is 2.77. The van der Waals surface area contributed by atoms with Crippen LogP contribution in [0.2, 0.25) is 0 Å². The van der Waals surface area contributed by atoms with Gasteiger partial charge in [0.2, 0.25) is 0 Å². The monoisotopic (exact) mass is 476 g/mol. The Labute approximate surface area is 193 Å². The number of sulfone groups is 1. The molecule has 0 fully saturated rings. The number of nitrogens with zero attached hydrogens (tertiary/aromatic N) is 1. The molecule has 0 spiro atoms. The van der Waals surface area contributed by atoms with Gasteiger partial charge in [0.05, 0.1) is 6.61 Å². The standard InChI is InChI=1S/C24H29FN2O5S/c1-24(23(29)26-30,33(2,31)32)11-14-27-12-9-19(10-13-27)17-3-5-18(6-4-17)20-7-8-21(16-28)22(25)15-20/h3-9,15,28,30H,10-14,16H2,1-2H3,(H,26,29). The Morgan fingerprint density at radius 1 is 1.15 bits per heavy atom. The Morgan fingerprint density at radius 2 is 1.79 bits per heavy atom. The van der Waals surface area contributed by atoms with E-state index in [0.29, 0.717) is 19.6 Å². The summed E-state index contributed by atoms with van der Waals surface area (Å²) in [5, 5.41) is 18.1. The molecule has 1 amide bonds. The van der Waals surface area contributed by atoms with Gasteiger partial charge in [-0.1, -0.05) is 42.5 Å². The minimum absolute atomic E-state index is 0.0712. The lowest BCUT2D eigenvalue weighted by Crippen LogP contribution is -2.51.